The summed E-state index contributed by atoms with van der Waals surface area (Å²) < 4.78 is 12.8. The van der Waals surface area contributed by atoms with E-state index in [0.717, 1.165) is 17.0 Å². The predicted octanol–water partition coefficient (Wildman–Crippen LogP) is 4.53. The van der Waals surface area contributed by atoms with Crippen molar-refractivity contribution in [1.29, 1.82) is 0 Å². The second-order valence-corrected chi connectivity index (χ2v) is 6.99. The van der Waals surface area contributed by atoms with Crippen molar-refractivity contribution in [1.82, 2.24) is 14.6 Å². The topological polar surface area (TPSA) is 81.7 Å². The standard InChI is InChI=1S/C21H19ClN4O3/c1-13-23-12-20-26(13)25-21(29-20)15-7-8-17(18(11-15)28-2)24-19(27)9-6-14-4-3-5-16(22)10-14/h3-5,7-8,10-12H,6,9H2,1-2H3,(H,24,27). The molecule has 4 rings (SSSR count). The summed E-state index contributed by atoms with van der Waals surface area (Å²) >= 11 is 5.99. The van der Waals surface area contributed by atoms with Crippen LogP contribution in [0.2, 0.25) is 5.02 Å². The zero-order valence-corrected chi connectivity index (χ0v) is 16.7. The molecule has 4 aromatic rings. The third kappa shape index (κ3) is 4.09. The monoisotopic (exact) mass is 410 g/mol. The van der Waals surface area contributed by atoms with E-state index in [1.165, 1.54) is 0 Å². The van der Waals surface area contributed by atoms with Gasteiger partial charge in [-0.25, -0.2) is 4.98 Å². The van der Waals surface area contributed by atoms with E-state index in [0.29, 0.717) is 40.9 Å². The summed E-state index contributed by atoms with van der Waals surface area (Å²) in [6.45, 7) is 1.85. The second kappa shape index (κ2) is 7.97. The Bertz CT molecular complexity index is 1180. The third-order valence-corrected chi connectivity index (χ3v) is 4.76. The van der Waals surface area contributed by atoms with Crippen LogP contribution in [0.4, 0.5) is 5.69 Å². The van der Waals surface area contributed by atoms with Crippen LogP contribution in [0.25, 0.3) is 17.2 Å². The molecule has 148 valence electrons. The van der Waals surface area contributed by atoms with E-state index in [9.17, 15) is 4.79 Å². The molecule has 0 saturated heterocycles. The first-order valence-corrected chi connectivity index (χ1v) is 9.45. The van der Waals surface area contributed by atoms with Gasteiger partial charge in [0.25, 0.3) is 0 Å². The van der Waals surface area contributed by atoms with Crippen LogP contribution < -0.4 is 10.1 Å². The normalized spacial score (nSPS) is 11.0. The van der Waals surface area contributed by atoms with Gasteiger partial charge in [0.2, 0.25) is 17.5 Å². The largest absolute Gasteiger partial charge is 0.495 e. The number of hydrogen-bond acceptors (Lipinski definition) is 5. The highest BCUT2D eigenvalue weighted by molar-refractivity contribution is 6.30. The number of nitrogens with zero attached hydrogens (tertiary/aromatic N) is 3. The van der Waals surface area contributed by atoms with Crippen LogP contribution in [0.1, 0.15) is 17.8 Å². The molecule has 0 bridgehead atoms. The number of fused-ring (bicyclic) bond motifs is 1. The molecule has 2 aromatic carbocycles. The summed E-state index contributed by atoms with van der Waals surface area (Å²) in [6, 6.07) is 12.9. The van der Waals surface area contributed by atoms with E-state index in [2.05, 4.69) is 15.4 Å². The minimum Gasteiger partial charge on any atom is -0.495 e. The molecule has 7 nitrogen and oxygen atoms in total. The Morgan fingerprint density at radius 3 is 2.90 bits per heavy atom. The zero-order valence-electron chi connectivity index (χ0n) is 16.0. The van der Waals surface area contributed by atoms with Gasteiger partial charge in [0, 0.05) is 17.0 Å². The Balaban J connectivity index is 1.48. The van der Waals surface area contributed by atoms with Gasteiger partial charge in [0.05, 0.1) is 19.0 Å². The zero-order chi connectivity index (χ0) is 20.4. The van der Waals surface area contributed by atoms with Crippen molar-refractivity contribution in [3.63, 3.8) is 0 Å². The number of nitrogens with one attached hydrogen (secondary N) is 1. The minimum absolute atomic E-state index is 0.108. The molecule has 0 atom stereocenters. The van der Waals surface area contributed by atoms with Gasteiger partial charge >= 0.3 is 0 Å². The van der Waals surface area contributed by atoms with Gasteiger partial charge in [-0.2, -0.15) is 4.52 Å². The van der Waals surface area contributed by atoms with Crippen LogP contribution in [0.5, 0.6) is 5.75 Å². The van der Waals surface area contributed by atoms with Crippen LogP contribution in [0.15, 0.2) is 53.1 Å². The average Bonchev–Trinajstić information content (AvgIpc) is 3.29. The molecule has 1 N–H and O–H groups in total. The van der Waals surface area contributed by atoms with Crippen molar-refractivity contribution in [3.05, 3.63) is 65.1 Å². The fourth-order valence-electron chi connectivity index (χ4n) is 3.03. The Labute approximate surface area is 172 Å². The molecule has 0 unspecified atom stereocenters. The first-order chi connectivity index (χ1) is 14.0. The highest BCUT2D eigenvalue weighted by Crippen LogP contribution is 2.31. The Morgan fingerprint density at radius 1 is 1.28 bits per heavy atom. The fraction of sp³-hybridized carbons (Fsp3) is 0.190. The maximum absolute atomic E-state index is 12.4. The van der Waals surface area contributed by atoms with Crippen molar-refractivity contribution in [3.8, 4) is 17.2 Å². The summed E-state index contributed by atoms with van der Waals surface area (Å²) in [4.78, 5) is 16.5. The Kier molecular flexibility index (Phi) is 5.22. The molecule has 0 aliphatic heterocycles. The van der Waals surface area contributed by atoms with Crippen molar-refractivity contribution < 1.29 is 13.9 Å². The lowest BCUT2D eigenvalue weighted by atomic mass is 10.1. The van der Waals surface area contributed by atoms with E-state index in [1.807, 2.05) is 37.3 Å². The second-order valence-electron chi connectivity index (χ2n) is 6.56. The lowest BCUT2D eigenvalue weighted by molar-refractivity contribution is -0.116. The number of halogens is 1. The number of carbonyl (C=O) groups is 1. The molecule has 0 aliphatic carbocycles. The van der Waals surface area contributed by atoms with Gasteiger partial charge in [-0.05, 0) is 49.2 Å². The predicted molar refractivity (Wildman–Crippen MR) is 110 cm³/mol. The van der Waals surface area contributed by atoms with Crippen LogP contribution in [0, 0.1) is 6.92 Å². The Morgan fingerprint density at radius 2 is 2.14 bits per heavy atom. The highest BCUT2D eigenvalue weighted by Gasteiger charge is 2.14. The van der Waals surface area contributed by atoms with Crippen LogP contribution in [-0.2, 0) is 11.2 Å². The molecule has 0 aliphatic rings. The summed E-state index contributed by atoms with van der Waals surface area (Å²) in [5, 5.41) is 7.97. The average molecular weight is 411 g/mol. The number of rotatable bonds is 6. The quantitative estimate of drug-likeness (QED) is 0.505. The molecule has 8 heteroatoms. The number of benzene rings is 2. The summed E-state index contributed by atoms with van der Waals surface area (Å²) in [5.41, 5.74) is 2.90. The fourth-order valence-corrected chi connectivity index (χ4v) is 3.24. The molecule has 0 fully saturated rings. The van der Waals surface area contributed by atoms with Gasteiger partial charge in [-0.3, -0.25) is 4.79 Å². The first kappa shape index (κ1) is 19.0. The molecule has 1 amide bonds. The molecule has 0 saturated carbocycles. The highest BCUT2D eigenvalue weighted by atomic mass is 35.5. The van der Waals surface area contributed by atoms with Gasteiger partial charge in [0.15, 0.2) is 0 Å². The molecule has 0 spiro atoms. The lowest BCUT2D eigenvalue weighted by Crippen LogP contribution is -2.13. The van der Waals surface area contributed by atoms with Crippen LogP contribution >= 0.6 is 11.6 Å². The SMILES string of the molecule is COc1cc(-c2nn3c(C)ncc3o2)ccc1NC(=O)CCc1cccc(Cl)c1. The lowest BCUT2D eigenvalue weighted by Gasteiger charge is -2.11. The van der Waals surface area contributed by atoms with Crippen molar-refractivity contribution in [2.75, 3.05) is 12.4 Å². The van der Waals surface area contributed by atoms with Gasteiger partial charge in [-0.15, -0.1) is 5.10 Å². The minimum atomic E-state index is -0.108. The molecule has 0 radical (unpaired) electrons. The molecular formula is C21H19ClN4O3. The van der Waals surface area contributed by atoms with Crippen molar-refractivity contribution in [2.45, 2.75) is 19.8 Å². The maximum atomic E-state index is 12.4. The number of aryl methyl sites for hydroxylation is 2. The number of ether oxygens (including phenoxy) is 1. The number of imidazole rings is 1. The van der Waals surface area contributed by atoms with Crippen LogP contribution in [0.3, 0.4) is 0 Å². The number of carbonyl (C=O) groups excluding carboxylic acids is 1. The number of aromatic nitrogens is 3. The first-order valence-electron chi connectivity index (χ1n) is 9.07. The van der Waals surface area contributed by atoms with E-state index in [1.54, 1.807) is 30.0 Å². The summed E-state index contributed by atoms with van der Waals surface area (Å²) in [7, 11) is 1.55. The maximum Gasteiger partial charge on any atom is 0.246 e. The number of methoxy groups -OCH3 is 1. The van der Waals surface area contributed by atoms with E-state index in [4.69, 9.17) is 20.8 Å². The smallest absolute Gasteiger partial charge is 0.246 e. The van der Waals surface area contributed by atoms with Gasteiger partial charge < -0.3 is 14.5 Å². The Hall–Kier alpha value is -3.32. The van der Waals surface area contributed by atoms with E-state index < -0.39 is 0 Å². The summed E-state index contributed by atoms with van der Waals surface area (Å²) in [5.74, 6) is 1.60. The van der Waals surface area contributed by atoms with E-state index in [-0.39, 0.29) is 5.91 Å². The van der Waals surface area contributed by atoms with Gasteiger partial charge in [-0.1, -0.05) is 23.7 Å². The van der Waals surface area contributed by atoms with Gasteiger partial charge in [0.1, 0.15) is 11.6 Å². The molecule has 2 heterocycles. The number of amides is 1. The molecule has 2 aromatic heterocycles. The third-order valence-electron chi connectivity index (χ3n) is 4.52. The van der Waals surface area contributed by atoms with E-state index >= 15 is 0 Å². The number of hydrogen-bond donors (Lipinski definition) is 1. The number of anilines is 1. The summed E-state index contributed by atoms with van der Waals surface area (Å²) in [6.07, 6.45) is 2.56. The van der Waals surface area contributed by atoms with Crippen molar-refractivity contribution >= 4 is 28.9 Å². The molecular weight excluding hydrogens is 392 g/mol. The molecule has 29 heavy (non-hydrogen) atoms. The van der Waals surface area contributed by atoms with Crippen LogP contribution in [-0.4, -0.2) is 27.6 Å². The van der Waals surface area contributed by atoms with Crippen molar-refractivity contribution in [2.24, 2.45) is 0 Å².